The minimum Gasteiger partial charge on any atom is -0.457 e. The van der Waals surface area contributed by atoms with E-state index in [4.69, 9.17) is 28.4 Å². The van der Waals surface area contributed by atoms with Gasteiger partial charge in [-0.2, -0.15) is 0 Å². The molecule has 0 aromatic rings. The van der Waals surface area contributed by atoms with Crippen LogP contribution in [0.15, 0.2) is 0 Å². The fraction of sp³-hybridized carbons (Fsp3) is 0.980. The maximum Gasteiger partial charge on any atom is 0.306 e. The zero-order valence-electron chi connectivity index (χ0n) is 39.6. The molecule has 11 atom stereocenters. The zero-order valence-corrected chi connectivity index (χ0v) is 39.6. The van der Waals surface area contributed by atoms with Crippen LogP contribution in [0, 0.1) is 0 Å². The van der Waals surface area contributed by atoms with Gasteiger partial charge in [0.15, 0.2) is 12.6 Å². The molecule has 0 radical (unpaired) electrons. The molecular weight excluding hydrogens is 813 g/mol. The number of esters is 1. The van der Waals surface area contributed by atoms with Crippen molar-refractivity contribution < 1.29 is 69.0 Å². The second kappa shape index (κ2) is 38.0. The quantitative estimate of drug-likeness (QED) is 0.0237. The number of aliphatic hydroxyl groups excluding tert-OH is 7. The van der Waals surface area contributed by atoms with Crippen molar-refractivity contribution in [2.45, 2.75) is 274 Å². The maximum absolute atomic E-state index is 13.0. The van der Waals surface area contributed by atoms with E-state index < -0.39 is 80.7 Å². The first kappa shape index (κ1) is 58.1. The molecule has 0 aromatic carbocycles. The molecule has 0 aromatic heterocycles. The monoisotopic (exact) mass is 907 g/mol. The summed E-state index contributed by atoms with van der Waals surface area (Å²) in [4.78, 5) is 13.0. The average Bonchev–Trinajstić information content (AvgIpc) is 3.28. The van der Waals surface area contributed by atoms with Gasteiger partial charge in [0.05, 0.1) is 26.4 Å². The van der Waals surface area contributed by atoms with E-state index in [2.05, 4.69) is 13.8 Å². The normalized spacial score (nSPS) is 26.9. The van der Waals surface area contributed by atoms with Gasteiger partial charge in [-0.1, -0.05) is 187 Å². The number of unbranched alkanes of at least 4 members (excludes halogenated alkanes) is 27. The largest absolute Gasteiger partial charge is 0.457 e. The second-order valence-electron chi connectivity index (χ2n) is 18.4. The SMILES string of the molecule is CCCCCCCCCCCCCCCCCCCCC(=O)OC(COCCCCCCCCCCCCC)COC1OC(COC2OC(CO)C(O)C(O)C2O)C(O)C(O)C1O. The average molecular weight is 907 g/mol. The summed E-state index contributed by atoms with van der Waals surface area (Å²) in [6.45, 7) is 3.72. The van der Waals surface area contributed by atoms with Crippen molar-refractivity contribution in [1.82, 2.24) is 0 Å². The van der Waals surface area contributed by atoms with Crippen LogP contribution in [-0.2, 0) is 33.2 Å². The van der Waals surface area contributed by atoms with Crippen molar-refractivity contribution in [3.8, 4) is 0 Å². The third-order valence-electron chi connectivity index (χ3n) is 12.6. The third kappa shape index (κ3) is 26.2. The molecule has 2 aliphatic heterocycles. The number of rotatable bonds is 41. The Bertz CT molecular complexity index is 1050. The summed E-state index contributed by atoms with van der Waals surface area (Å²) in [6.07, 6.45) is 20.2. The highest BCUT2D eigenvalue weighted by atomic mass is 16.7. The number of ether oxygens (including phenoxy) is 6. The van der Waals surface area contributed by atoms with E-state index in [1.165, 1.54) is 141 Å². The summed E-state index contributed by atoms with van der Waals surface area (Å²) in [5.74, 6) is -0.371. The van der Waals surface area contributed by atoms with E-state index in [0.717, 1.165) is 44.9 Å². The molecule has 0 bridgehead atoms. The van der Waals surface area contributed by atoms with Crippen LogP contribution in [0.4, 0.5) is 0 Å². The van der Waals surface area contributed by atoms with E-state index in [1.54, 1.807) is 0 Å². The molecule has 7 N–H and O–H groups in total. The lowest BCUT2D eigenvalue weighted by Gasteiger charge is -2.42. The van der Waals surface area contributed by atoms with Crippen LogP contribution >= 0.6 is 0 Å². The van der Waals surface area contributed by atoms with Gasteiger partial charge in [0.2, 0.25) is 0 Å². The third-order valence-corrected chi connectivity index (χ3v) is 12.6. The van der Waals surface area contributed by atoms with Crippen molar-refractivity contribution in [3.05, 3.63) is 0 Å². The first-order chi connectivity index (χ1) is 30.6. The van der Waals surface area contributed by atoms with Crippen LogP contribution in [-0.4, -0.2) is 142 Å². The van der Waals surface area contributed by atoms with E-state index in [9.17, 15) is 40.5 Å². The van der Waals surface area contributed by atoms with Gasteiger partial charge in [0, 0.05) is 13.0 Å². The molecule has 0 aliphatic carbocycles. The fourth-order valence-corrected chi connectivity index (χ4v) is 8.40. The Kier molecular flexibility index (Phi) is 35.1. The Morgan fingerprint density at radius 2 is 0.841 bits per heavy atom. The maximum atomic E-state index is 13.0. The van der Waals surface area contributed by atoms with Crippen LogP contribution in [0.1, 0.15) is 206 Å². The Morgan fingerprint density at radius 3 is 1.29 bits per heavy atom. The summed E-state index contributed by atoms with van der Waals surface area (Å²) in [7, 11) is 0. The van der Waals surface area contributed by atoms with Gasteiger partial charge in [-0.05, 0) is 12.8 Å². The van der Waals surface area contributed by atoms with Gasteiger partial charge in [0.1, 0.15) is 54.9 Å². The molecule has 11 unspecified atom stereocenters. The molecule has 63 heavy (non-hydrogen) atoms. The first-order valence-corrected chi connectivity index (χ1v) is 25.6. The summed E-state index contributed by atoms with van der Waals surface area (Å²) >= 11 is 0. The Labute approximate surface area is 381 Å². The predicted molar refractivity (Wildman–Crippen MR) is 243 cm³/mol. The molecule has 2 saturated heterocycles. The first-order valence-electron chi connectivity index (χ1n) is 25.6. The van der Waals surface area contributed by atoms with Crippen LogP contribution in [0.2, 0.25) is 0 Å². The summed E-state index contributed by atoms with van der Waals surface area (Å²) in [5, 5.41) is 72.0. The van der Waals surface area contributed by atoms with Crippen molar-refractivity contribution in [1.29, 1.82) is 0 Å². The van der Waals surface area contributed by atoms with E-state index >= 15 is 0 Å². The molecule has 2 rings (SSSR count). The molecule has 2 aliphatic rings. The lowest BCUT2D eigenvalue weighted by Crippen LogP contribution is -2.61. The second-order valence-corrected chi connectivity index (χ2v) is 18.4. The zero-order chi connectivity index (χ0) is 45.9. The van der Waals surface area contributed by atoms with Crippen molar-refractivity contribution in [2.24, 2.45) is 0 Å². The molecule has 0 amide bonds. The van der Waals surface area contributed by atoms with Crippen LogP contribution < -0.4 is 0 Å². The Balaban J connectivity index is 1.74. The van der Waals surface area contributed by atoms with Crippen molar-refractivity contribution in [2.75, 3.05) is 33.0 Å². The number of hydrogen-bond donors (Lipinski definition) is 7. The standard InChI is InChI=1S/C49H94O14/c1-3-5-7-9-11-13-15-16-17-18-19-20-21-22-24-26-28-30-32-41(51)61-38(35-58-33-31-29-27-25-23-14-12-10-8-6-4-2)36-59-48-47(57)45(55)43(53)40(63-48)37-60-49-46(56)44(54)42(52)39(34-50)62-49/h38-40,42-50,52-57H,3-37H2,1-2H3. The van der Waals surface area contributed by atoms with Gasteiger partial charge < -0.3 is 64.2 Å². The topological polar surface area (TPSA) is 214 Å². The molecule has 374 valence electrons. The van der Waals surface area contributed by atoms with Crippen molar-refractivity contribution >= 4 is 5.97 Å². The van der Waals surface area contributed by atoms with E-state index in [0.29, 0.717) is 6.61 Å². The van der Waals surface area contributed by atoms with Gasteiger partial charge in [-0.3, -0.25) is 4.79 Å². The predicted octanol–water partition coefficient (Wildman–Crippen LogP) is 7.30. The number of carbonyl (C=O) groups is 1. The molecule has 0 spiro atoms. The van der Waals surface area contributed by atoms with E-state index in [-0.39, 0.29) is 25.6 Å². The van der Waals surface area contributed by atoms with Crippen LogP contribution in [0.3, 0.4) is 0 Å². The van der Waals surface area contributed by atoms with Gasteiger partial charge >= 0.3 is 5.97 Å². The summed E-state index contributed by atoms with van der Waals surface area (Å²) < 4.78 is 34.2. The minimum atomic E-state index is -1.70. The molecular formula is C49H94O14. The Morgan fingerprint density at radius 1 is 0.460 bits per heavy atom. The molecule has 2 fully saturated rings. The van der Waals surface area contributed by atoms with Crippen molar-refractivity contribution in [3.63, 3.8) is 0 Å². The summed E-state index contributed by atoms with van der Waals surface area (Å²) in [6, 6.07) is 0. The number of aliphatic hydroxyl groups is 7. The highest BCUT2D eigenvalue weighted by Crippen LogP contribution is 2.26. The fourth-order valence-electron chi connectivity index (χ4n) is 8.40. The summed E-state index contributed by atoms with van der Waals surface area (Å²) in [5.41, 5.74) is 0. The van der Waals surface area contributed by atoms with Crippen LogP contribution in [0.25, 0.3) is 0 Å². The lowest BCUT2D eigenvalue weighted by molar-refractivity contribution is -0.332. The lowest BCUT2D eigenvalue weighted by atomic mass is 9.98. The van der Waals surface area contributed by atoms with Gasteiger partial charge in [-0.25, -0.2) is 0 Å². The molecule has 2 heterocycles. The number of carbonyl (C=O) groups excluding carboxylic acids is 1. The van der Waals surface area contributed by atoms with E-state index in [1.807, 2.05) is 0 Å². The highest BCUT2D eigenvalue weighted by molar-refractivity contribution is 5.69. The smallest absolute Gasteiger partial charge is 0.306 e. The highest BCUT2D eigenvalue weighted by Gasteiger charge is 2.47. The van der Waals surface area contributed by atoms with Gasteiger partial charge in [0.25, 0.3) is 0 Å². The number of hydrogen-bond acceptors (Lipinski definition) is 14. The minimum absolute atomic E-state index is 0.0697. The molecule has 0 saturated carbocycles. The molecule has 14 nitrogen and oxygen atoms in total. The Hall–Kier alpha value is -1.01. The molecule has 14 heteroatoms. The van der Waals surface area contributed by atoms with Crippen LogP contribution in [0.5, 0.6) is 0 Å². The van der Waals surface area contributed by atoms with Gasteiger partial charge in [-0.15, -0.1) is 0 Å².